The van der Waals surface area contributed by atoms with Crippen LogP contribution in [0.5, 0.6) is 5.75 Å². The maximum Gasteiger partial charge on any atom is 0.120 e. The van der Waals surface area contributed by atoms with E-state index >= 15 is 0 Å². The molecule has 0 fully saturated rings. The first-order chi connectivity index (χ1) is 14.1. The number of para-hydroxylation sites is 1. The van der Waals surface area contributed by atoms with Crippen molar-refractivity contribution in [2.45, 2.75) is 20.4 Å². The molecule has 4 nitrogen and oxygen atoms in total. The predicted molar refractivity (Wildman–Crippen MR) is 137 cm³/mol. The van der Waals surface area contributed by atoms with Crippen LogP contribution in [0.1, 0.15) is 19.4 Å². The van der Waals surface area contributed by atoms with Crippen LogP contribution in [0.25, 0.3) is 21.8 Å². The van der Waals surface area contributed by atoms with E-state index in [0.29, 0.717) is 17.3 Å². The Balaban J connectivity index is 0.00000171. The second-order valence-corrected chi connectivity index (χ2v) is 7.53. The molecule has 0 bridgehead atoms. The predicted octanol–water partition coefficient (Wildman–Crippen LogP) is 7.18. The molecule has 0 amide bonds. The maximum absolute atomic E-state index is 10.3. The van der Waals surface area contributed by atoms with Gasteiger partial charge in [-0.15, -0.1) is 24.8 Å². The number of anilines is 2. The van der Waals surface area contributed by atoms with Gasteiger partial charge >= 0.3 is 0 Å². The lowest BCUT2D eigenvalue weighted by Crippen LogP contribution is -2.22. The quantitative estimate of drug-likeness (QED) is 0.228. The summed E-state index contributed by atoms with van der Waals surface area (Å²) in [6.45, 7) is 6.84. The van der Waals surface area contributed by atoms with Crippen LogP contribution in [-0.2, 0) is 6.54 Å². The summed E-state index contributed by atoms with van der Waals surface area (Å²) in [4.78, 5) is 7.04. The maximum atomic E-state index is 10.3. The van der Waals surface area contributed by atoms with E-state index in [9.17, 15) is 5.11 Å². The van der Waals surface area contributed by atoms with E-state index in [4.69, 9.17) is 16.6 Å². The Hall–Kier alpha value is -2.24. The van der Waals surface area contributed by atoms with Gasteiger partial charge in [-0.2, -0.15) is 0 Å². The van der Waals surface area contributed by atoms with Crippen LogP contribution < -0.4 is 5.32 Å². The van der Waals surface area contributed by atoms with Crippen LogP contribution >= 0.6 is 36.4 Å². The Kier molecular flexibility index (Phi) is 8.78. The Labute approximate surface area is 200 Å². The number of hydrogen-bond donors (Lipinski definition) is 2. The first-order valence-corrected chi connectivity index (χ1v) is 10.3. The Bertz CT molecular complexity index is 1180. The highest BCUT2D eigenvalue weighted by Crippen LogP contribution is 2.35. The summed E-state index contributed by atoms with van der Waals surface area (Å²) in [5, 5.41) is 16.6. The highest BCUT2D eigenvalue weighted by molar-refractivity contribution is 6.31. The standard InChI is InChI=1S/C24H24ClN3O.2ClH/c1-3-28(4-2)15-16-13-18(10-12-23(16)29)26-24-19-7-5-6-8-21(19)27-22-14-17(25)9-11-20(22)24;;/h5-14,29H,3-4,15H2,1-2H3,(H,26,27);2*1H. The molecular formula is C24H26Cl3N3O. The van der Waals surface area contributed by atoms with Crippen molar-refractivity contribution in [1.29, 1.82) is 0 Å². The monoisotopic (exact) mass is 477 g/mol. The Morgan fingerprint density at radius 2 is 1.61 bits per heavy atom. The van der Waals surface area contributed by atoms with Gasteiger partial charge in [-0.1, -0.05) is 43.6 Å². The van der Waals surface area contributed by atoms with Gasteiger partial charge in [0.15, 0.2) is 0 Å². The average Bonchev–Trinajstić information content (AvgIpc) is 2.73. The number of fused-ring (bicyclic) bond motifs is 2. The molecule has 0 aliphatic heterocycles. The SMILES string of the molecule is CCN(CC)Cc1cc(Nc2c3ccccc3nc3cc(Cl)ccc23)ccc1O.Cl.Cl. The summed E-state index contributed by atoms with van der Waals surface area (Å²) in [5.74, 6) is 0.318. The lowest BCUT2D eigenvalue weighted by molar-refractivity contribution is 0.291. The molecule has 4 rings (SSSR count). The van der Waals surface area contributed by atoms with E-state index in [1.165, 1.54) is 0 Å². The number of nitrogens with zero attached hydrogens (tertiary/aromatic N) is 2. The minimum atomic E-state index is 0. The lowest BCUT2D eigenvalue weighted by Gasteiger charge is -2.20. The van der Waals surface area contributed by atoms with E-state index in [0.717, 1.165) is 51.8 Å². The third-order valence-electron chi connectivity index (χ3n) is 5.28. The number of phenolic OH excluding ortho intramolecular Hbond substituents is 1. The van der Waals surface area contributed by atoms with Crippen molar-refractivity contribution >= 4 is 69.6 Å². The number of hydrogen-bond acceptors (Lipinski definition) is 4. The van der Waals surface area contributed by atoms with Gasteiger partial charge in [-0.05, 0) is 55.6 Å². The van der Waals surface area contributed by atoms with Crippen LogP contribution in [0.15, 0.2) is 60.7 Å². The number of aromatic nitrogens is 1. The van der Waals surface area contributed by atoms with Crippen molar-refractivity contribution < 1.29 is 5.11 Å². The Morgan fingerprint density at radius 1 is 0.903 bits per heavy atom. The molecule has 4 aromatic rings. The van der Waals surface area contributed by atoms with Crippen LogP contribution in [0.3, 0.4) is 0 Å². The first-order valence-electron chi connectivity index (χ1n) is 9.88. The zero-order valence-electron chi connectivity index (χ0n) is 17.4. The van der Waals surface area contributed by atoms with E-state index in [-0.39, 0.29) is 24.8 Å². The van der Waals surface area contributed by atoms with Crippen molar-refractivity contribution in [3.63, 3.8) is 0 Å². The van der Waals surface area contributed by atoms with Crippen LogP contribution in [0, 0.1) is 0 Å². The van der Waals surface area contributed by atoms with E-state index in [1.807, 2.05) is 48.5 Å². The average molecular weight is 479 g/mol. The molecule has 0 aliphatic rings. The van der Waals surface area contributed by atoms with Gasteiger partial charge in [-0.3, -0.25) is 4.90 Å². The minimum absolute atomic E-state index is 0. The number of aromatic hydroxyl groups is 1. The highest BCUT2D eigenvalue weighted by Gasteiger charge is 2.12. The molecule has 1 aromatic heterocycles. The molecule has 164 valence electrons. The summed E-state index contributed by atoms with van der Waals surface area (Å²) < 4.78 is 0. The third kappa shape index (κ3) is 5.34. The van der Waals surface area contributed by atoms with Gasteiger partial charge < -0.3 is 10.4 Å². The van der Waals surface area contributed by atoms with Gasteiger partial charge in [0, 0.05) is 33.6 Å². The zero-order chi connectivity index (χ0) is 20.4. The zero-order valence-corrected chi connectivity index (χ0v) is 19.8. The smallest absolute Gasteiger partial charge is 0.120 e. The number of halogens is 3. The molecule has 1 heterocycles. The Morgan fingerprint density at radius 3 is 2.35 bits per heavy atom. The fraction of sp³-hybridized carbons (Fsp3) is 0.208. The largest absolute Gasteiger partial charge is 0.508 e. The molecule has 31 heavy (non-hydrogen) atoms. The van der Waals surface area contributed by atoms with Gasteiger partial charge in [0.05, 0.1) is 16.7 Å². The van der Waals surface area contributed by atoms with Crippen molar-refractivity contribution in [3.8, 4) is 5.75 Å². The number of benzene rings is 3. The molecule has 0 spiro atoms. The molecule has 0 saturated heterocycles. The van der Waals surface area contributed by atoms with Crippen LogP contribution in [-0.4, -0.2) is 28.1 Å². The third-order valence-corrected chi connectivity index (χ3v) is 5.52. The molecule has 0 saturated carbocycles. The molecular weight excluding hydrogens is 453 g/mol. The lowest BCUT2D eigenvalue weighted by atomic mass is 10.1. The minimum Gasteiger partial charge on any atom is -0.508 e. The molecule has 0 unspecified atom stereocenters. The van der Waals surface area contributed by atoms with E-state index in [2.05, 4.69) is 30.1 Å². The molecule has 7 heteroatoms. The molecule has 0 radical (unpaired) electrons. The second-order valence-electron chi connectivity index (χ2n) is 7.10. The summed E-state index contributed by atoms with van der Waals surface area (Å²) in [6, 6.07) is 19.5. The second kappa shape index (κ2) is 10.9. The van der Waals surface area contributed by atoms with Crippen LogP contribution in [0.2, 0.25) is 5.02 Å². The molecule has 0 aliphatic carbocycles. The number of pyridine rings is 1. The summed E-state index contributed by atoms with van der Waals surface area (Å²) >= 11 is 6.20. The van der Waals surface area contributed by atoms with Crippen LogP contribution in [0.4, 0.5) is 11.4 Å². The van der Waals surface area contributed by atoms with Gasteiger partial charge in [0.25, 0.3) is 0 Å². The normalized spacial score (nSPS) is 10.7. The first kappa shape index (κ1) is 25.0. The summed E-state index contributed by atoms with van der Waals surface area (Å²) in [6.07, 6.45) is 0. The van der Waals surface area contributed by atoms with E-state index < -0.39 is 0 Å². The topological polar surface area (TPSA) is 48.4 Å². The molecule has 2 N–H and O–H groups in total. The van der Waals surface area contributed by atoms with Gasteiger partial charge in [-0.25, -0.2) is 4.98 Å². The summed E-state index contributed by atoms with van der Waals surface area (Å²) in [5.41, 5.74) is 4.58. The fourth-order valence-corrected chi connectivity index (χ4v) is 3.79. The van der Waals surface area contributed by atoms with Crippen molar-refractivity contribution in [1.82, 2.24) is 9.88 Å². The number of rotatable bonds is 6. The van der Waals surface area contributed by atoms with Gasteiger partial charge in [0.2, 0.25) is 0 Å². The number of phenols is 1. The van der Waals surface area contributed by atoms with E-state index in [1.54, 1.807) is 6.07 Å². The van der Waals surface area contributed by atoms with Crippen molar-refractivity contribution in [3.05, 3.63) is 71.2 Å². The van der Waals surface area contributed by atoms with Crippen molar-refractivity contribution in [2.24, 2.45) is 0 Å². The number of nitrogens with one attached hydrogen (secondary N) is 1. The fourth-order valence-electron chi connectivity index (χ4n) is 3.62. The summed E-state index contributed by atoms with van der Waals surface area (Å²) in [7, 11) is 0. The van der Waals surface area contributed by atoms with Gasteiger partial charge in [0.1, 0.15) is 5.75 Å². The molecule has 3 aromatic carbocycles. The van der Waals surface area contributed by atoms with Crippen molar-refractivity contribution in [2.75, 3.05) is 18.4 Å². The molecule has 0 atom stereocenters. The highest BCUT2D eigenvalue weighted by atomic mass is 35.5.